The van der Waals surface area contributed by atoms with Gasteiger partial charge >= 0.3 is 6.09 Å². The normalized spacial score (nSPS) is 23.0. The first-order chi connectivity index (χ1) is 11.7. The fourth-order valence-corrected chi connectivity index (χ4v) is 3.93. The third-order valence-corrected chi connectivity index (χ3v) is 5.15. The Balaban J connectivity index is 1.68. The number of amides is 1. The van der Waals surface area contributed by atoms with Gasteiger partial charge in [-0.2, -0.15) is 0 Å². The molecule has 0 aromatic heterocycles. The number of nitrogens with zero attached hydrogens (tertiary/aromatic N) is 1. The molecule has 2 aliphatic heterocycles. The van der Waals surface area contributed by atoms with Crippen molar-refractivity contribution in [1.82, 2.24) is 4.90 Å². The van der Waals surface area contributed by atoms with Crippen LogP contribution in [0.15, 0.2) is 35.9 Å². The van der Waals surface area contributed by atoms with Crippen LogP contribution >= 0.6 is 0 Å². The van der Waals surface area contributed by atoms with E-state index in [9.17, 15) is 4.79 Å². The van der Waals surface area contributed by atoms with Crippen LogP contribution in [0.5, 0.6) is 0 Å². The van der Waals surface area contributed by atoms with Crippen LogP contribution in [0.2, 0.25) is 0 Å². The standard InChI is InChI=1S/C22H31NO2/c1-15(2)18-8-6-16(7-9-18)12-17-13-19-10-11-20(14-17)23(19)21(24)25-22(3,4)5/h6-9,13,15,19-20H,10-12,14H2,1-5H3. The maximum Gasteiger partial charge on any atom is 0.411 e. The Labute approximate surface area is 152 Å². The largest absolute Gasteiger partial charge is 0.444 e. The monoisotopic (exact) mass is 341 g/mol. The van der Waals surface area contributed by atoms with E-state index in [-0.39, 0.29) is 12.1 Å². The highest BCUT2D eigenvalue weighted by molar-refractivity contribution is 5.70. The van der Waals surface area contributed by atoms with Gasteiger partial charge in [0.05, 0.1) is 6.04 Å². The molecule has 3 nitrogen and oxygen atoms in total. The van der Waals surface area contributed by atoms with Crippen molar-refractivity contribution in [2.75, 3.05) is 0 Å². The minimum Gasteiger partial charge on any atom is -0.444 e. The van der Waals surface area contributed by atoms with E-state index < -0.39 is 5.60 Å². The van der Waals surface area contributed by atoms with Crippen molar-refractivity contribution in [1.29, 1.82) is 0 Å². The maximum atomic E-state index is 12.5. The zero-order chi connectivity index (χ0) is 18.2. The summed E-state index contributed by atoms with van der Waals surface area (Å²) in [6, 6.07) is 9.49. The third kappa shape index (κ3) is 4.26. The molecular weight excluding hydrogens is 310 g/mol. The van der Waals surface area contributed by atoms with Crippen LogP contribution < -0.4 is 0 Å². The summed E-state index contributed by atoms with van der Waals surface area (Å²) in [6.07, 6.45) is 6.26. The van der Waals surface area contributed by atoms with Crippen LogP contribution in [0.4, 0.5) is 4.79 Å². The Morgan fingerprint density at radius 2 is 1.88 bits per heavy atom. The number of hydrogen-bond acceptors (Lipinski definition) is 2. The molecule has 0 spiro atoms. The summed E-state index contributed by atoms with van der Waals surface area (Å²) in [7, 11) is 0. The van der Waals surface area contributed by atoms with Crippen LogP contribution in [-0.4, -0.2) is 28.7 Å². The van der Waals surface area contributed by atoms with Crippen LogP contribution in [0.3, 0.4) is 0 Å². The topological polar surface area (TPSA) is 29.5 Å². The summed E-state index contributed by atoms with van der Waals surface area (Å²) in [5, 5.41) is 0. The highest BCUT2D eigenvalue weighted by Gasteiger charge is 2.41. The molecule has 3 rings (SSSR count). The zero-order valence-corrected chi connectivity index (χ0v) is 16.2. The Morgan fingerprint density at radius 1 is 1.20 bits per heavy atom. The van der Waals surface area contributed by atoms with Gasteiger partial charge in [0.15, 0.2) is 0 Å². The first kappa shape index (κ1) is 18.0. The average Bonchev–Trinajstić information content (AvgIpc) is 2.78. The molecule has 0 radical (unpaired) electrons. The minimum atomic E-state index is -0.432. The van der Waals surface area contributed by atoms with E-state index in [0.717, 1.165) is 25.7 Å². The summed E-state index contributed by atoms with van der Waals surface area (Å²) in [6.45, 7) is 10.2. The maximum absolute atomic E-state index is 12.5. The summed E-state index contributed by atoms with van der Waals surface area (Å²) in [5.74, 6) is 0.571. The molecule has 1 saturated heterocycles. The highest BCUT2D eigenvalue weighted by Crippen LogP contribution is 2.37. The quantitative estimate of drug-likeness (QED) is 0.684. The second-order valence-corrected chi connectivity index (χ2v) is 8.79. The van der Waals surface area contributed by atoms with Crippen molar-refractivity contribution < 1.29 is 9.53 Å². The zero-order valence-electron chi connectivity index (χ0n) is 16.2. The average molecular weight is 341 g/mol. The summed E-state index contributed by atoms with van der Waals surface area (Å²) in [4.78, 5) is 14.5. The summed E-state index contributed by atoms with van der Waals surface area (Å²) >= 11 is 0. The fourth-order valence-electron chi connectivity index (χ4n) is 3.93. The first-order valence-corrected chi connectivity index (χ1v) is 9.52. The summed E-state index contributed by atoms with van der Waals surface area (Å²) < 4.78 is 5.60. The molecule has 3 heteroatoms. The molecule has 2 aliphatic rings. The van der Waals surface area contributed by atoms with Gasteiger partial charge in [-0.1, -0.05) is 49.8 Å². The van der Waals surface area contributed by atoms with Crippen LogP contribution in [0.25, 0.3) is 0 Å². The second kappa shape index (κ2) is 6.86. The molecule has 0 N–H and O–H groups in total. The van der Waals surface area contributed by atoms with Gasteiger partial charge in [0.1, 0.15) is 5.60 Å². The Bertz CT molecular complexity index is 652. The summed E-state index contributed by atoms with van der Waals surface area (Å²) in [5.41, 5.74) is 3.78. The van der Waals surface area contributed by atoms with Crippen molar-refractivity contribution >= 4 is 6.09 Å². The number of carbonyl (C=O) groups excluding carboxylic acids is 1. The van der Waals surface area contributed by atoms with E-state index >= 15 is 0 Å². The fraction of sp³-hybridized carbons (Fsp3) is 0.591. The van der Waals surface area contributed by atoms with Crippen LogP contribution in [-0.2, 0) is 11.2 Å². The molecule has 0 aliphatic carbocycles. The number of rotatable bonds is 3. The number of fused-ring (bicyclic) bond motifs is 2. The molecule has 2 heterocycles. The molecule has 0 saturated carbocycles. The molecule has 1 aromatic rings. The van der Waals surface area contributed by atoms with Gasteiger partial charge in [-0.3, -0.25) is 4.90 Å². The number of hydrogen-bond donors (Lipinski definition) is 0. The number of ether oxygens (including phenoxy) is 1. The van der Waals surface area contributed by atoms with Crippen molar-refractivity contribution in [3.05, 3.63) is 47.0 Å². The molecular formula is C22H31NO2. The van der Waals surface area contributed by atoms with Gasteiger partial charge < -0.3 is 4.74 Å². The Kier molecular flexibility index (Phi) is 4.95. The number of benzene rings is 1. The van der Waals surface area contributed by atoms with E-state index in [2.05, 4.69) is 44.2 Å². The molecule has 2 unspecified atom stereocenters. The van der Waals surface area contributed by atoms with Crippen molar-refractivity contribution in [3.63, 3.8) is 0 Å². The second-order valence-electron chi connectivity index (χ2n) is 8.79. The van der Waals surface area contributed by atoms with Gasteiger partial charge in [0, 0.05) is 6.04 Å². The van der Waals surface area contributed by atoms with E-state index in [1.165, 1.54) is 16.7 Å². The van der Waals surface area contributed by atoms with Crippen molar-refractivity contribution in [2.24, 2.45) is 0 Å². The molecule has 1 fully saturated rings. The Morgan fingerprint density at radius 3 is 2.44 bits per heavy atom. The Hall–Kier alpha value is -1.77. The molecule has 25 heavy (non-hydrogen) atoms. The lowest BCUT2D eigenvalue weighted by Crippen LogP contribution is -2.45. The predicted molar refractivity (Wildman–Crippen MR) is 102 cm³/mol. The van der Waals surface area contributed by atoms with E-state index in [4.69, 9.17) is 4.74 Å². The van der Waals surface area contributed by atoms with Crippen molar-refractivity contribution in [2.45, 2.75) is 83.9 Å². The van der Waals surface area contributed by atoms with Crippen LogP contribution in [0, 0.1) is 0 Å². The third-order valence-electron chi connectivity index (χ3n) is 5.15. The smallest absolute Gasteiger partial charge is 0.411 e. The van der Waals surface area contributed by atoms with E-state index in [1.54, 1.807) is 0 Å². The first-order valence-electron chi connectivity index (χ1n) is 9.52. The molecule has 1 aromatic carbocycles. The molecule has 1 amide bonds. The SMILES string of the molecule is CC(C)c1ccc(CC2=CC3CCC(C2)N3C(=O)OC(C)(C)C)cc1. The van der Waals surface area contributed by atoms with Gasteiger partial charge in [0.2, 0.25) is 0 Å². The van der Waals surface area contributed by atoms with Gasteiger partial charge in [0.25, 0.3) is 0 Å². The van der Waals surface area contributed by atoms with Gasteiger partial charge in [-0.15, -0.1) is 0 Å². The number of carbonyl (C=O) groups is 1. The highest BCUT2D eigenvalue weighted by atomic mass is 16.6. The molecule has 2 bridgehead atoms. The lowest BCUT2D eigenvalue weighted by molar-refractivity contribution is 0.0166. The van der Waals surface area contributed by atoms with Crippen LogP contribution in [0.1, 0.15) is 70.9 Å². The van der Waals surface area contributed by atoms with E-state index in [1.807, 2.05) is 25.7 Å². The lowest BCUT2D eigenvalue weighted by atomic mass is 9.94. The lowest BCUT2D eigenvalue weighted by Gasteiger charge is -2.35. The van der Waals surface area contributed by atoms with E-state index in [0.29, 0.717) is 12.0 Å². The predicted octanol–water partition coefficient (Wildman–Crippen LogP) is 5.45. The molecule has 2 atom stereocenters. The molecule has 136 valence electrons. The van der Waals surface area contributed by atoms with Crippen molar-refractivity contribution in [3.8, 4) is 0 Å². The van der Waals surface area contributed by atoms with Gasteiger partial charge in [-0.25, -0.2) is 4.79 Å². The minimum absolute atomic E-state index is 0.156. The van der Waals surface area contributed by atoms with Gasteiger partial charge in [-0.05, 0) is 63.5 Å².